The molecule has 1 aromatic carbocycles. The third-order valence-corrected chi connectivity index (χ3v) is 4.67. The molecule has 24 heavy (non-hydrogen) atoms. The minimum atomic E-state index is -0.325. The highest BCUT2D eigenvalue weighted by atomic mass is 16.2. The first kappa shape index (κ1) is 16.5. The van der Waals surface area contributed by atoms with Crippen LogP contribution in [-0.4, -0.2) is 52.9 Å². The molecule has 0 spiro atoms. The van der Waals surface area contributed by atoms with Crippen LogP contribution >= 0.6 is 0 Å². The minimum Gasteiger partial charge on any atom is -0.343 e. The predicted octanol–water partition coefficient (Wildman–Crippen LogP) is 1.78. The second-order valence-electron chi connectivity index (χ2n) is 6.59. The molecule has 1 aliphatic heterocycles. The number of nitrogens with zero attached hydrogens (tertiary/aromatic N) is 2. The van der Waals surface area contributed by atoms with E-state index in [4.69, 9.17) is 0 Å². The molecule has 1 aliphatic rings. The van der Waals surface area contributed by atoms with Crippen molar-refractivity contribution in [1.82, 2.24) is 19.8 Å². The van der Waals surface area contributed by atoms with Crippen LogP contribution in [0.3, 0.4) is 0 Å². The highest BCUT2D eigenvalue weighted by molar-refractivity contribution is 5.93. The summed E-state index contributed by atoms with van der Waals surface area (Å²) in [6.07, 6.45) is 2.19. The Morgan fingerprint density at radius 2 is 1.83 bits per heavy atom. The third-order valence-electron chi connectivity index (χ3n) is 4.67. The average molecular weight is 328 g/mol. The standard InChI is InChI=1S/C18H24N4O2/c1-21(2)17(23)16-15(19-18(24)20-16)12-22-10-8-14(9-11-22)13-6-4-3-5-7-13/h3-7,14H,8-12H2,1-2H3,(H2,19,20,24). The minimum absolute atomic E-state index is 0.178. The smallest absolute Gasteiger partial charge is 0.323 e. The number of hydrogen-bond donors (Lipinski definition) is 2. The summed E-state index contributed by atoms with van der Waals surface area (Å²) in [4.78, 5) is 33.0. The summed E-state index contributed by atoms with van der Waals surface area (Å²) in [5, 5.41) is 0. The second-order valence-corrected chi connectivity index (χ2v) is 6.59. The zero-order chi connectivity index (χ0) is 17.1. The van der Waals surface area contributed by atoms with Gasteiger partial charge in [-0.3, -0.25) is 9.69 Å². The Labute approximate surface area is 141 Å². The number of nitrogens with one attached hydrogen (secondary N) is 2. The molecule has 0 radical (unpaired) electrons. The van der Waals surface area contributed by atoms with Gasteiger partial charge in [-0.15, -0.1) is 0 Å². The molecule has 2 aromatic rings. The summed E-state index contributed by atoms with van der Waals surface area (Å²) in [6, 6.07) is 10.6. The predicted molar refractivity (Wildman–Crippen MR) is 93.1 cm³/mol. The molecule has 1 aromatic heterocycles. The molecule has 1 fully saturated rings. The highest BCUT2D eigenvalue weighted by Crippen LogP contribution is 2.28. The number of piperidine rings is 1. The van der Waals surface area contributed by atoms with E-state index in [2.05, 4.69) is 39.1 Å². The molecule has 2 N–H and O–H groups in total. The molecule has 3 rings (SSSR count). The largest absolute Gasteiger partial charge is 0.343 e. The van der Waals surface area contributed by atoms with E-state index in [1.54, 1.807) is 14.1 Å². The van der Waals surface area contributed by atoms with E-state index in [0.29, 0.717) is 23.9 Å². The first-order chi connectivity index (χ1) is 11.5. The number of likely N-dealkylation sites (tertiary alicyclic amines) is 1. The number of carbonyl (C=O) groups is 1. The molecule has 0 aliphatic carbocycles. The van der Waals surface area contributed by atoms with Gasteiger partial charge in [-0.25, -0.2) is 4.79 Å². The average Bonchev–Trinajstić information content (AvgIpc) is 2.96. The molecular formula is C18H24N4O2. The van der Waals surface area contributed by atoms with Crippen LogP contribution in [0.2, 0.25) is 0 Å². The van der Waals surface area contributed by atoms with Crippen molar-refractivity contribution in [3.05, 3.63) is 57.8 Å². The number of imidazole rings is 1. The Balaban J connectivity index is 1.65. The first-order valence-electron chi connectivity index (χ1n) is 8.34. The number of aromatic amines is 2. The molecule has 6 nitrogen and oxygen atoms in total. The summed E-state index contributed by atoms with van der Waals surface area (Å²) < 4.78 is 0. The van der Waals surface area contributed by atoms with Crippen LogP contribution in [0.15, 0.2) is 35.1 Å². The number of amides is 1. The van der Waals surface area contributed by atoms with Gasteiger partial charge in [0.05, 0.1) is 5.69 Å². The lowest BCUT2D eigenvalue weighted by Gasteiger charge is -2.32. The van der Waals surface area contributed by atoms with Crippen LogP contribution in [0.5, 0.6) is 0 Å². The van der Waals surface area contributed by atoms with Crippen molar-refractivity contribution in [2.24, 2.45) is 0 Å². The molecule has 0 unspecified atom stereocenters. The Kier molecular flexibility index (Phi) is 4.85. The lowest BCUT2D eigenvalue weighted by atomic mass is 9.89. The first-order valence-corrected chi connectivity index (χ1v) is 8.34. The van der Waals surface area contributed by atoms with E-state index < -0.39 is 0 Å². The monoisotopic (exact) mass is 328 g/mol. The van der Waals surface area contributed by atoms with Crippen molar-refractivity contribution in [2.45, 2.75) is 25.3 Å². The molecule has 2 heterocycles. The zero-order valence-corrected chi connectivity index (χ0v) is 14.2. The lowest BCUT2D eigenvalue weighted by Crippen LogP contribution is -2.33. The zero-order valence-electron chi connectivity index (χ0n) is 14.2. The topological polar surface area (TPSA) is 72.2 Å². The molecule has 0 saturated carbocycles. The summed E-state index contributed by atoms with van der Waals surface area (Å²) in [5.41, 5.74) is 2.12. The van der Waals surface area contributed by atoms with Crippen molar-refractivity contribution < 1.29 is 4.79 Å². The van der Waals surface area contributed by atoms with Crippen LogP contribution in [0.4, 0.5) is 0 Å². The van der Waals surface area contributed by atoms with E-state index in [1.165, 1.54) is 10.5 Å². The normalized spacial score (nSPS) is 16.2. The van der Waals surface area contributed by atoms with Gasteiger partial charge in [0, 0.05) is 20.6 Å². The van der Waals surface area contributed by atoms with Crippen molar-refractivity contribution in [2.75, 3.05) is 27.2 Å². The molecule has 128 valence electrons. The second kappa shape index (κ2) is 7.05. The number of hydrogen-bond acceptors (Lipinski definition) is 3. The van der Waals surface area contributed by atoms with Gasteiger partial charge in [0.15, 0.2) is 0 Å². The van der Waals surface area contributed by atoms with Crippen molar-refractivity contribution in [1.29, 1.82) is 0 Å². The van der Waals surface area contributed by atoms with Crippen molar-refractivity contribution in [3.8, 4) is 0 Å². The van der Waals surface area contributed by atoms with Crippen LogP contribution in [0.1, 0.15) is 40.5 Å². The van der Waals surface area contributed by atoms with E-state index >= 15 is 0 Å². The molecule has 0 bridgehead atoms. The van der Waals surface area contributed by atoms with E-state index in [9.17, 15) is 9.59 Å². The van der Waals surface area contributed by atoms with Gasteiger partial charge >= 0.3 is 5.69 Å². The van der Waals surface area contributed by atoms with Crippen LogP contribution < -0.4 is 5.69 Å². The molecule has 0 atom stereocenters. The quantitative estimate of drug-likeness (QED) is 0.899. The van der Waals surface area contributed by atoms with Gasteiger partial charge < -0.3 is 14.9 Å². The maximum absolute atomic E-state index is 12.2. The Bertz CT molecular complexity index is 740. The van der Waals surface area contributed by atoms with Gasteiger partial charge in [-0.2, -0.15) is 0 Å². The van der Waals surface area contributed by atoms with E-state index in [0.717, 1.165) is 25.9 Å². The third kappa shape index (κ3) is 3.59. The van der Waals surface area contributed by atoms with Gasteiger partial charge in [0.2, 0.25) is 0 Å². The summed E-state index contributed by atoms with van der Waals surface area (Å²) in [7, 11) is 3.37. The van der Waals surface area contributed by atoms with Crippen molar-refractivity contribution in [3.63, 3.8) is 0 Å². The van der Waals surface area contributed by atoms with Crippen LogP contribution in [0, 0.1) is 0 Å². The highest BCUT2D eigenvalue weighted by Gasteiger charge is 2.23. The Morgan fingerprint density at radius 3 is 2.46 bits per heavy atom. The van der Waals surface area contributed by atoms with Gasteiger partial charge in [0.1, 0.15) is 5.69 Å². The van der Waals surface area contributed by atoms with Gasteiger partial charge in [0.25, 0.3) is 5.91 Å². The Morgan fingerprint density at radius 1 is 1.17 bits per heavy atom. The molecule has 1 amide bonds. The van der Waals surface area contributed by atoms with Crippen LogP contribution in [0.25, 0.3) is 0 Å². The molecule has 1 saturated heterocycles. The lowest BCUT2D eigenvalue weighted by molar-refractivity contribution is 0.0819. The van der Waals surface area contributed by atoms with Crippen LogP contribution in [-0.2, 0) is 6.54 Å². The summed E-state index contributed by atoms with van der Waals surface area (Å²) in [6.45, 7) is 2.51. The fraction of sp³-hybridized carbons (Fsp3) is 0.444. The summed E-state index contributed by atoms with van der Waals surface area (Å²) in [5.74, 6) is 0.415. The van der Waals surface area contributed by atoms with Gasteiger partial charge in [-0.1, -0.05) is 30.3 Å². The fourth-order valence-corrected chi connectivity index (χ4v) is 3.32. The maximum Gasteiger partial charge on any atom is 0.323 e. The number of benzene rings is 1. The molecular weight excluding hydrogens is 304 g/mol. The number of rotatable bonds is 4. The molecule has 6 heteroatoms. The SMILES string of the molecule is CN(C)C(=O)c1[nH]c(=O)[nH]c1CN1CCC(c2ccccc2)CC1. The number of carbonyl (C=O) groups excluding carboxylic acids is 1. The maximum atomic E-state index is 12.2. The Hall–Kier alpha value is -2.34. The summed E-state index contributed by atoms with van der Waals surface area (Å²) >= 11 is 0. The van der Waals surface area contributed by atoms with E-state index in [-0.39, 0.29) is 11.6 Å². The fourth-order valence-electron chi connectivity index (χ4n) is 3.32. The number of H-pyrrole nitrogens is 2. The van der Waals surface area contributed by atoms with E-state index in [1.807, 2.05) is 6.07 Å². The van der Waals surface area contributed by atoms with Crippen molar-refractivity contribution >= 4 is 5.91 Å². The number of aromatic nitrogens is 2. The van der Waals surface area contributed by atoms with Gasteiger partial charge in [-0.05, 0) is 37.4 Å².